The lowest BCUT2D eigenvalue weighted by Gasteiger charge is -2.23. The van der Waals surface area contributed by atoms with E-state index in [1.807, 2.05) is 29.2 Å². The molecule has 0 amide bonds. The SMILES string of the molecule is Cc1sc2ncnc(N3CCCC3C(=O)O)c2c1-c1ccc(Cl)cc1. The van der Waals surface area contributed by atoms with E-state index in [2.05, 4.69) is 16.9 Å². The molecular formula is C18H16ClN3O2S. The first-order valence-corrected chi connectivity index (χ1v) is 9.25. The zero-order valence-corrected chi connectivity index (χ0v) is 15.1. The molecule has 1 saturated heterocycles. The van der Waals surface area contributed by atoms with Crippen LogP contribution in [0.5, 0.6) is 0 Å². The maximum Gasteiger partial charge on any atom is 0.326 e. The maximum absolute atomic E-state index is 11.6. The third kappa shape index (κ3) is 2.75. The van der Waals surface area contributed by atoms with E-state index in [-0.39, 0.29) is 0 Å². The molecule has 4 rings (SSSR count). The van der Waals surface area contributed by atoms with E-state index in [9.17, 15) is 9.90 Å². The molecule has 1 fully saturated rings. The molecule has 1 aromatic carbocycles. The van der Waals surface area contributed by atoms with E-state index >= 15 is 0 Å². The van der Waals surface area contributed by atoms with Crippen LogP contribution in [0.1, 0.15) is 17.7 Å². The van der Waals surface area contributed by atoms with Crippen molar-refractivity contribution in [3.05, 3.63) is 40.5 Å². The van der Waals surface area contributed by atoms with Crippen LogP contribution in [-0.2, 0) is 4.79 Å². The monoisotopic (exact) mass is 373 g/mol. The highest BCUT2D eigenvalue weighted by molar-refractivity contribution is 7.19. The van der Waals surface area contributed by atoms with Crippen molar-refractivity contribution in [2.75, 3.05) is 11.4 Å². The highest BCUT2D eigenvalue weighted by Gasteiger charge is 2.33. The number of carboxylic acids is 1. The Labute approximate surface area is 153 Å². The topological polar surface area (TPSA) is 66.3 Å². The van der Waals surface area contributed by atoms with Gasteiger partial charge in [-0.3, -0.25) is 0 Å². The van der Waals surface area contributed by atoms with Crippen molar-refractivity contribution in [1.29, 1.82) is 0 Å². The molecule has 1 aliphatic heterocycles. The smallest absolute Gasteiger partial charge is 0.326 e. The Morgan fingerprint density at radius 1 is 1.32 bits per heavy atom. The molecular weight excluding hydrogens is 358 g/mol. The lowest BCUT2D eigenvalue weighted by Crippen LogP contribution is -2.36. The van der Waals surface area contributed by atoms with Gasteiger partial charge < -0.3 is 10.0 Å². The standard InChI is InChI=1S/C18H16ClN3O2S/c1-10-14(11-4-6-12(19)7-5-11)15-16(20-9-21-17(15)25-10)22-8-2-3-13(22)18(23)24/h4-7,9,13H,2-3,8H2,1H3,(H,23,24). The summed E-state index contributed by atoms with van der Waals surface area (Å²) >= 11 is 7.63. The first kappa shape index (κ1) is 16.3. The lowest BCUT2D eigenvalue weighted by molar-refractivity contribution is -0.138. The summed E-state index contributed by atoms with van der Waals surface area (Å²) in [4.78, 5) is 24.4. The number of carboxylic acid groups (broad SMARTS) is 1. The highest BCUT2D eigenvalue weighted by atomic mass is 35.5. The van der Waals surface area contributed by atoms with Gasteiger partial charge in [-0.1, -0.05) is 23.7 Å². The van der Waals surface area contributed by atoms with Gasteiger partial charge in [-0.2, -0.15) is 0 Å². The van der Waals surface area contributed by atoms with Gasteiger partial charge in [0.1, 0.15) is 23.0 Å². The van der Waals surface area contributed by atoms with E-state index in [1.54, 1.807) is 11.3 Å². The van der Waals surface area contributed by atoms with Crippen molar-refractivity contribution in [3.8, 4) is 11.1 Å². The van der Waals surface area contributed by atoms with Gasteiger partial charge in [0.2, 0.25) is 0 Å². The summed E-state index contributed by atoms with van der Waals surface area (Å²) in [6.07, 6.45) is 3.01. The second-order valence-corrected chi connectivity index (χ2v) is 7.75. The van der Waals surface area contributed by atoms with Crippen LogP contribution in [0.3, 0.4) is 0 Å². The molecule has 0 spiro atoms. The third-order valence-electron chi connectivity index (χ3n) is 4.59. The molecule has 5 nitrogen and oxygen atoms in total. The summed E-state index contributed by atoms with van der Waals surface area (Å²) in [7, 11) is 0. The van der Waals surface area contributed by atoms with Crippen molar-refractivity contribution in [1.82, 2.24) is 9.97 Å². The molecule has 1 N–H and O–H groups in total. The summed E-state index contributed by atoms with van der Waals surface area (Å²) in [6, 6.07) is 7.15. The Kier molecular flexibility index (Phi) is 4.09. The van der Waals surface area contributed by atoms with E-state index in [1.165, 1.54) is 6.33 Å². The van der Waals surface area contributed by atoms with Crippen molar-refractivity contribution in [2.24, 2.45) is 0 Å². The number of fused-ring (bicyclic) bond motifs is 1. The summed E-state index contributed by atoms with van der Waals surface area (Å²) in [5.41, 5.74) is 2.10. The van der Waals surface area contributed by atoms with Crippen molar-refractivity contribution in [3.63, 3.8) is 0 Å². The highest BCUT2D eigenvalue weighted by Crippen LogP contribution is 2.42. The lowest BCUT2D eigenvalue weighted by atomic mass is 10.0. The number of aromatic nitrogens is 2. The number of aryl methyl sites for hydroxylation is 1. The normalized spacial score (nSPS) is 17.4. The Morgan fingerprint density at radius 2 is 2.08 bits per heavy atom. The Bertz CT molecular complexity index is 955. The maximum atomic E-state index is 11.6. The summed E-state index contributed by atoms with van der Waals surface area (Å²) < 4.78 is 0. The second-order valence-electron chi connectivity index (χ2n) is 6.11. The van der Waals surface area contributed by atoms with Gasteiger partial charge in [-0.05, 0) is 37.5 Å². The average molecular weight is 374 g/mol. The van der Waals surface area contributed by atoms with Gasteiger partial charge in [-0.25, -0.2) is 14.8 Å². The van der Waals surface area contributed by atoms with Gasteiger partial charge in [0.05, 0.1) is 5.39 Å². The summed E-state index contributed by atoms with van der Waals surface area (Å²) in [5, 5.41) is 11.2. The fourth-order valence-corrected chi connectivity index (χ4v) is 4.62. The van der Waals surface area contributed by atoms with Crippen LogP contribution >= 0.6 is 22.9 Å². The van der Waals surface area contributed by atoms with E-state index < -0.39 is 12.0 Å². The quantitative estimate of drug-likeness (QED) is 0.738. The van der Waals surface area contributed by atoms with Crippen LogP contribution < -0.4 is 4.90 Å². The molecule has 3 aromatic rings. The average Bonchev–Trinajstić information content (AvgIpc) is 3.19. The van der Waals surface area contributed by atoms with Crippen LogP contribution in [0.4, 0.5) is 5.82 Å². The molecule has 0 saturated carbocycles. The molecule has 7 heteroatoms. The zero-order valence-electron chi connectivity index (χ0n) is 13.6. The Hall–Kier alpha value is -2.18. The predicted octanol–water partition coefficient (Wildman–Crippen LogP) is 4.37. The van der Waals surface area contributed by atoms with Crippen molar-refractivity contribution < 1.29 is 9.90 Å². The number of benzene rings is 1. The molecule has 3 heterocycles. The van der Waals surface area contributed by atoms with Gasteiger partial charge in [0.25, 0.3) is 0 Å². The molecule has 1 unspecified atom stereocenters. The number of nitrogens with zero attached hydrogens (tertiary/aromatic N) is 3. The van der Waals surface area contributed by atoms with Gasteiger partial charge >= 0.3 is 5.97 Å². The Balaban J connectivity index is 1.94. The fourth-order valence-electron chi connectivity index (χ4n) is 3.49. The first-order valence-electron chi connectivity index (χ1n) is 8.05. The number of halogens is 1. The molecule has 1 aliphatic rings. The van der Waals surface area contributed by atoms with Gasteiger partial charge in [0.15, 0.2) is 0 Å². The molecule has 2 aromatic heterocycles. The minimum Gasteiger partial charge on any atom is -0.480 e. The van der Waals surface area contributed by atoms with Crippen molar-refractivity contribution in [2.45, 2.75) is 25.8 Å². The molecule has 128 valence electrons. The largest absolute Gasteiger partial charge is 0.480 e. The van der Waals surface area contributed by atoms with Crippen LogP contribution in [0.15, 0.2) is 30.6 Å². The molecule has 0 bridgehead atoms. The number of rotatable bonds is 3. The van der Waals surface area contributed by atoms with E-state index in [4.69, 9.17) is 11.6 Å². The van der Waals surface area contributed by atoms with Crippen molar-refractivity contribution >= 4 is 44.9 Å². The molecule has 0 aliphatic carbocycles. The third-order valence-corrected chi connectivity index (χ3v) is 5.85. The van der Waals surface area contributed by atoms with E-state index in [0.29, 0.717) is 23.8 Å². The number of carbonyl (C=O) groups is 1. The van der Waals surface area contributed by atoms with Gasteiger partial charge in [0, 0.05) is 22.0 Å². The van der Waals surface area contributed by atoms with Crippen LogP contribution in [-0.4, -0.2) is 33.6 Å². The summed E-state index contributed by atoms with van der Waals surface area (Å²) in [5.74, 6) is -0.0894. The minimum atomic E-state index is -0.802. The Morgan fingerprint density at radius 3 is 2.80 bits per heavy atom. The van der Waals surface area contributed by atoms with Crippen LogP contribution in [0, 0.1) is 6.92 Å². The summed E-state index contributed by atoms with van der Waals surface area (Å²) in [6.45, 7) is 2.75. The number of aliphatic carboxylic acids is 1. The molecule has 1 atom stereocenters. The predicted molar refractivity (Wildman–Crippen MR) is 101 cm³/mol. The fraction of sp³-hybridized carbons (Fsp3) is 0.278. The second kappa shape index (κ2) is 6.28. The minimum absolute atomic E-state index is 0.531. The number of thiophene rings is 1. The number of hydrogen-bond acceptors (Lipinski definition) is 5. The molecule has 25 heavy (non-hydrogen) atoms. The first-order chi connectivity index (χ1) is 12.1. The zero-order chi connectivity index (χ0) is 17.6. The number of hydrogen-bond donors (Lipinski definition) is 1. The van der Waals surface area contributed by atoms with Crippen LogP contribution in [0.2, 0.25) is 5.02 Å². The molecule has 0 radical (unpaired) electrons. The number of anilines is 1. The van der Waals surface area contributed by atoms with Crippen LogP contribution in [0.25, 0.3) is 21.3 Å². The van der Waals surface area contributed by atoms with Gasteiger partial charge in [-0.15, -0.1) is 11.3 Å². The van der Waals surface area contributed by atoms with E-state index in [0.717, 1.165) is 32.6 Å².